The van der Waals surface area contributed by atoms with Crippen LogP contribution in [0.15, 0.2) is 10.2 Å². The van der Waals surface area contributed by atoms with Crippen LogP contribution in [0.3, 0.4) is 0 Å². The number of carbonyl (C=O) groups is 2. The number of hydrogen-bond acceptors (Lipinski definition) is 5. The zero-order valence-corrected chi connectivity index (χ0v) is 9.36. The molecule has 0 saturated carbocycles. The Morgan fingerprint density at radius 3 is 2.44 bits per heavy atom. The molecule has 0 aromatic rings. The summed E-state index contributed by atoms with van der Waals surface area (Å²) in [5, 5.41) is 18.3. The molecule has 0 aromatic carbocycles. The molecule has 1 aliphatic heterocycles. The number of carbonyl (C=O) groups excluding carboxylic acids is 1. The Kier molecular flexibility index (Phi) is 3.27. The highest BCUT2D eigenvalue weighted by Crippen LogP contribution is 2.27. The first-order valence-corrected chi connectivity index (χ1v) is 5.13. The lowest BCUT2D eigenvalue weighted by atomic mass is 10.0. The summed E-state index contributed by atoms with van der Waals surface area (Å²) >= 11 is 0. The summed E-state index contributed by atoms with van der Waals surface area (Å²) in [6.07, 6.45) is 1.60. The van der Waals surface area contributed by atoms with Gasteiger partial charge in [-0.15, -0.1) is 10.2 Å². The van der Waals surface area contributed by atoms with Crippen LogP contribution in [0.1, 0.15) is 33.1 Å². The summed E-state index contributed by atoms with van der Waals surface area (Å²) in [7, 11) is 0. The van der Waals surface area contributed by atoms with Gasteiger partial charge in [-0.2, -0.15) is 0 Å². The molecule has 1 rings (SSSR count). The van der Waals surface area contributed by atoms with E-state index < -0.39 is 23.2 Å². The van der Waals surface area contributed by atoms with E-state index in [4.69, 9.17) is 10.8 Å². The van der Waals surface area contributed by atoms with Gasteiger partial charge in [0, 0.05) is 0 Å². The van der Waals surface area contributed by atoms with Gasteiger partial charge in [-0.3, -0.25) is 10.5 Å². The zero-order valence-electron chi connectivity index (χ0n) is 9.36. The fraction of sp³-hybridized carbons (Fsp3) is 0.778. The van der Waals surface area contributed by atoms with Crippen LogP contribution < -0.4 is 11.1 Å². The molecule has 1 heterocycles. The van der Waals surface area contributed by atoms with Crippen molar-refractivity contribution in [2.45, 2.75) is 44.4 Å². The smallest absolute Gasteiger partial charge is 0.344 e. The molecule has 7 nitrogen and oxygen atoms in total. The fourth-order valence-corrected chi connectivity index (χ4v) is 1.17. The third kappa shape index (κ3) is 2.54. The summed E-state index contributed by atoms with van der Waals surface area (Å²) in [6.45, 7) is 3.40. The van der Waals surface area contributed by atoms with E-state index in [1.54, 1.807) is 0 Å². The predicted molar refractivity (Wildman–Crippen MR) is 55.5 cm³/mol. The van der Waals surface area contributed by atoms with Crippen molar-refractivity contribution in [2.24, 2.45) is 16.0 Å². The Hall–Kier alpha value is -1.50. The quantitative estimate of drug-likeness (QED) is 0.563. The first-order valence-electron chi connectivity index (χ1n) is 5.13. The second-order valence-corrected chi connectivity index (χ2v) is 4.06. The van der Waals surface area contributed by atoms with Crippen LogP contribution in [0.5, 0.6) is 0 Å². The molecule has 0 bridgehead atoms. The highest BCUT2D eigenvalue weighted by atomic mass is 16.4. The van der Waals surface area contributed by atoms with E-state index >= 15 is 0 Å². The summed E-state index contributed by atoms with van der Waals surface area (Å²) in [5.74, 6) is -1.83. The summed E-state index contributed by atoms with van der Waals surface area (Å²) in [4.78, 5) is 22.6. The standard InChI is InChI=1S/C9H16N4O3/c1-3-4-5-9(10,7(15)16)11-6(14)8(2)12-13-8/h3-5,10H2,1-2H3,(H,11,14)(H,15,16). The Morgan fingerprint density at radius 1 is 1.50 bits per heavy atom. The number of nitrogens with two attached hydrogens (primary N) is 1. The number of aliphatic carboxylic acids is 1. The fourth-order valence-electron chi connectivity index (χ4n) is 1.17. The molecule has 0 fully saturated rings. The summed E-state index contributed by atoms with van der Waals surface area (Å²) in [6, 6.07) is 0. The molecule has 90 valence electrons. The van der Waals surface area contributed by atoms with Gasteiger partial charge in [-0.1, -0.05) is 13.3 Å². The van der Waals surface area contributed by atoms with Gasteiger partial charge < -0.3 is 10.4 Å². The van der Waals surface area contributed by atoms with Gasteiger partial charge in [0.05, 0.1) is 0 Å². The highest BCUT2D eigenvalue weighted by Gasteiger charge is 2.47. The Morgan fingerprint density at radius 2 is 2.06 bits per heavy atom. The van der Waals surface area contributed by atoms with Crippen LogP contribution in [0.4, 0.5) is 0 Å². The van der Waals surface area contributed by atoms with Gasteiger partial charge >= 0.3 is 5.97 Å². The SMILES string of the molecule is CCCCC(N)(NC(=O)C1(C)N=N1)C(=O)O. The first-order chi connectivity index (χ1) is 7.34. The number of carboxylic acid groups (broad SMARTS) is 1. The van der Waals surface area contributed by atoms with Crippen molar-refractivity contribution < 1.29 is 14.7 Å². The lowest BCUT2D eigenvalue weighted by molar-refractivity contribution is -0.148. The van der Waals surface area contributed by atoms with Crippen molar-refractivity contribution in [2.75, 3.05) is 0 Å². The van der Waals surface area contributed by atoms with Gasteiger partial charge in [0.1, 0.15) is 0 Å². The summed E-state index contributed by atoms with van der Waals surface area (Å²) in [5.41, 5.74) is 2.76. The van der Waals surface area contributed by atoms with Gasteiger partial charge in [0.25, 0.3) is 11.6 Å². The van der Waals surface area contributed by atoms with Crippen LogP contribution in [-0.2, 0) is 9.59 Å². The maximum atomic E-state index is 11.6. The second-order valence-electron chi connectivity index (χ2n) is 4.06. The average Bonchev–Trinajstić information content (AvgIpc) is 2.94. The molecule has 0 saturated heterocycles. The largest absolute Gasteiger partial charge is 0.478 e. The van der Waals surface area contributed by atoms with Gasteiger partial charge in [0.15, 0.2) is 5.66 Å². The van der Waals surface area contributed by atoms with Crippen LogP contribution >= 0.6 is 0 Å². The van der Waals surface area contributed by atoms with Gasteiger partial charge in [0.2, 0.25) is 0 Å². The maximum Gasteiger partial charge on any atom is 0.344 e. The van der Waals surface area contributed by atoms with E-state index in [1.807, 2.05) is 6.92 Å². The Balaban J connectivity index is 2.63. The average molecular weight is 228 g/mol. The normalized spacial score (nSPS) is 19.9. The molecule has 0 aromatic heterocycles. The van der Waals surface area contributed by atoms with E-state index in [1.165, 1.54) is 6.92 Å². The number of nitrogens with one attached hydrogen (secondary N) is 1. The third-order valence-corrected chi connectivity index (χ3v) is 2.47. The number of rotatable bonds is 6. The maximum absolute atomic E-state index is 11.6. The number of carboxylic acids is 1. The molecule has 1 aliphatic rings. The topological polar surface area (TPSA) is 117 Å². The predicted octanol–water partition coefficient (Wildman–Crippen LogP) is 0.214. The minimum atomic E-state index is -1.73. The van der Waals surface area contributed by atoms with Crippen molar-refractivity contribution in [1.82, 2.24) is 5.32 Å². The van der Waals surface area contributed by atoms with Crippen molar-refractivity contribution in [3.8, 4) is 0 Å². The van der Waals surface area contributed by atoms with E-state index in [0.717, 1.165) is 6.42 Å². The van der Waals surface area contributed by atoms with E-state index in [0.29, 0.717) is 6.42 Å². The van der Waals surface area contributed by atoms with E-state index in [2.05, 4.69) is 15.5 Å². The number of unbranched alkanes of at least 4 members (excludes halogenated alkanes) is 1. The third-order valence-electron chi connectivity index (χ3n) is 2.47. The van der Waals surface area contributed by atoms with Crippen LogP contribution in [0.25, 0.3) is 0 Å². The minimum absolute atomic E-state index is 0.181. The van der Waals surface area contributed by atoms with Crippen LogP contribution in [-0.4, -0.2) is 28.3 Å². The molecule has 0 radical (unpaired) electrons. The molecule has 0 aliphatic carbocycles. The lowest BCUT2D eigenvalue weighted by Crippen LogP contribution is -2.63. The molecular formula is C9H16N4O3. The molecule has 1 atom stereocenters. The lowest BCUT2D eigenvalue weighted by Gasteiger charge is -2.26. The Bertz CT molecular complexity index is 336. The van der Waals surface area contributed by atoms with E-state index in [-0.39, 0.29) is 6.42 Å². The van der Waals surface area contributed by atoms with Crippen LogP contribution in [0.2, 0.25) is 0 Å². The second kappa shape index (κ2) is 4.17. The number of hydrogen-bond donors (Lipinski definition) is 3. The van der Waals surface area contributed by atoms with Crippen molar-refractivity contribution in [3.63, 3.8) is 0 Å². The molecule has 4 N–H and O–H groups in total. The van der Waals surface area contributed by atoms with Crippen LogP contribution in [0, 0.1) is 0 Å². The molecule has 1 unspecified atom stereocenters. The van der Waals surface area contributed by atoms with Gasteiger partial charge in [-0.05, 0) is 19.8 Å². The molecule has 7 heteroatoms. The molecule has 16 heavy (non-hydrogen) atoms. The zero-order chi connectivity index (χ0) is 12.4. The molecule has 1 amide bonds. The monoisotopic (exact) mass is 228 g/mol. The number of amides is 1. The van der Waals surface area contributed by atoms with Crippen molar-refractivity contribution >= 4 is 11.9 Å². The van der Waals surface area contributed by atoms with Crippen molar-refractivity contribution in [1.29, 1.82) is 0 Å². The molecule has 0 spiro atoms. The minimum Gasteiger partial charge on any atom is -0.478 e. The summed E-state index contributed by atoms with van der Waals surface area (Å²) < 4.78 is 0. The van der Waals surface area contributed by atoms with Gasteiger partial charge in [-0.25, -0.2) is 4.79 Å². The number of nitrogens with zero attached hydrogens (tertiary/aromatic N) is 2. The van der Waals surface area contributed by atoms with Crippen molar-refractivity contribution in [3.05, 3.63) is 0 Å². The highest BCUT2D eigenvalue weighted by molar-refractivity contribution is 5.92. The van der Waals surface area contributed by atoms with E-state index in [9.17, 15) is 9.59 Å². The first kappa shape index (κ1) is 12.6. The molecular weight excluding hydrogens is 212 g/mol. The Labute approximate surface area is 93.1 Å².